The number of aryl methyl sites for hydroxylation is 2. The molecule has 0 spiro atoms. The molecule has 0 aliphatic rings. The molecule has 0 bridgehead atoms. The van der Waals surface area contributed by atoms with Gasteiger partial charge in [-0.05, 0) is 37.5 Å². The lowest BCUT2D eigenvalue weighted by molar-refractivity contribution is -0.384. The monoisotopic (exact) mass is 285 g/mol. The highest BCUT2D eigenvalue weighted by Crippen LogP contribution is 2.28. The fourth-order valence-electron chi connectivity index (χ4n) is 2.22. The Kier molecular flexibility index (Phi) is 4.52. The number of nitro groups is 1. The molecule has 0 saturated heterocycles. The van der Waals surface area contributed by atoms with Gasteiger partial charge >= 0.3 is 5.69 Å². The van der Waals surface area contributed by atoms with Crippen LogP contribution in [0.25, 0.3) is 0 Å². The predicted molar refractivity (Wildman–Crippen MR) is 83.5 cm³/mol. The summed E-state index contributed by atoms with van der Waals surface area (Å²) < 4.78 is 0. The molecule has 0 aliphatic heterocycles. The first-order valence-corrected chi connectivity index (χ1v) is 6.98. The molecule has 5 nitrogen and oxygen atoms in total. The Morgan fingerprint density at radius 1 is 1.29 bits per heavy atom. The van der Waals surface area contributed by atoms with Crippen molar-refractivity contribution in [3.8, 4) is 0 Å². The number of nitrogens with zero attached hydrogens (tertiary/aromatic N) is 2. The van der Waals surface area contributed by atoms with Crippen LogP contribution in [-0.4, -0.2) is 9.91 Å². The van der Waals surface area contributed by atoms with Crippen molar-refractivity contribution in [2.45, 2.75) is 33.2 Å². The molecule has 110 valence electrons. The highest BCUT2D eigenvalue weighted by molar-refractivity contribution is 5.60. The van der Waals surface area contributed by atoms with E-state index in [0.29, 0.717) is 11.4 Å². The van der Waals surface area contributed by atoms with Crippen LogP contribution in [0.3, 0.4) is 0 Å². The number of nitrogens with one attached hydrogen (secondary N) is 1. The molecule has 1 atom stereocenters. The summed E-state index contributed by atoms with van der Waals surface area (Å²) in [6.45, 7) is 5.79. The van der Waals surface area contributed by atoms with Crippen molar-refractivity contribution in [2.24, 2.45) is 0 Å². The van der Waals surface area contributed by atoms with Crippen molar-refractivity contribution in [1.82, 2.24) is 4.98 Å². The van der Waals surface area contributed by atoms with Crippen LogP contribution in [0.4, 0.5) is 11.5 Å². The fourth-order valence-corrected chi connectivity index (χ4v) is 2.22. The quantitative estimate of drug-likeness (QED) is 0.665. The molecule has 21 heavy (non-hydrogen) atoms. The number of aromatic nitrogens is 1. The minimum atomic E-state index is -0.391. The number of benzene rings is 1. The summed E-state index contributed by atoms with van der Waals surface area (Å²) in [5.41, 5.74) is 2.98. The van der Waals surface area contributed by atoms with Gasteiger partial charge in [0.05, 0.1) is 11.0 Å². The Morgan fingerprint density at radius 2 is 1.95 bits per heavy atom. The van der Waals surface area contributed by atoms with E-state index in [0.717, 1.165) is 12.0 Å². The zero-order valence-corrected chi connectivity index (χ0v) is 12.5. The maximum Gasteiger partial charge on any atom is 0.314 e. The molecule has 5 heteroatoms. The lowest BCUT2D eigenvalue weighted by atomic mass is 10.0. The summed E-state index contributed by atoms with van der Waals surface area (Å²) in [5, 5.41) is 14.3. The van der Waals surface area contributed by atoms with E-state index in [2.05, 4.69) is 29.4 Å². The smallest absolute Gasteiger partial charge is 0.314 e. The third-order valence-corrected chi connectivity index (χ3v) is 3.55. The normalized spacial score (nSPS) is 12.0. The molecule has 2 aromatic rings. The zero-order chi connectivity index (χ0) is 15.4. The van der Waals surface area contributed by atoms with Gasteiger partial charge in [-0.1, -0.05) is 31.2 Å². The van der Waals surface area contributed by atoms with Crippen LogP contribution in [0, 0.1) is 17.0 Å². The minimum absolute atomic E-state index is 0.0366. The average molecular weight is 285 g/mol. The van der Waals surface area contributed by atoms with Gasteiger partial charge in [0.2, 0.25) is 5.82 Å². The van der Waals surface area contributed by atoms with Crippen molar-refractivity contribution < 1.29 is 4.92 Å². The van der Waals surface area contributed by atoms with Gasteiger partial charge < -0.3 is 5.32 Å². The third kappa shape index (κ3) is 3.37. The van der Waals surface area contributed by atoms with E-state index < -0.39 is 4.92 Å². The summed E-state index contributed by atoms with van der Waals surface area (Å²) in [7, 11) is 0. The SMILES string of the molecule is CCc1ccc(C(C)Nc2nccc(C)c2[N+](=O)[O-])cc1. The predicted octanol–water partition coefficient (Wildman–Crippen LogP) is 4.03. The lowest BCUT2D eigenvalue weighted by Gasteiger charge is -2.15. The molecule has 0 fully saturated rings. The van der Waals surface area contributed by atoms with Crippen LogP contribution < -0.4 is 5.32 Å². The molecule has 0 saturated carbocycles. The zero-order valence-electron chi connectivity index (χ0n) is 12.5. The molecule has 2 rings (SSSR count). The second-order valence-corrected chi connectivity index (χ2v) is 5.04. The van der Waals surface area contributed by atoms with E-state index in [1.807, 2.05) is 19.1 Å². The molecule has 0 radical (unpaired) electrons. The Bertz CT molecular complexity index is 638. The Labute approximate surface area is 124 Å². The first-order valence-electron chi connectivity index (χ1n) is 6.98. The summed E-state index contributed by atoms with van der Waals surface area (Å²) in [6, 6.07) is 9.82. The molecule has 1 heterocycles. The van der Waals surface area contributed by atoms with Crippen molar-refractivity contribution in [3.05, 3.63) is 63.3 Å². The summed E-state index contributed by atoms with van der Waals surface area (Å²) >= 11 is 0. The van der Waals surface area contributed by atoms with Crippen LogP contribution >= 0.6 is 0 Å². The molecule has 0 amide bonds. The van der Waals surface area contributed by atoms with E-state index >= 15 is 0 Å². The average Bonchev–Trinajstić information content (AvgIpc) is 2.47. The largest absolute Gasteiger partial charge is 0.358 e. The number of anilines is 1. The number of rotatable bonds is 5. The van der Waals surface area contributed by atoms with E-state index in [-0.39, 0.29) is 11.7 Å². The van der Waals surface area contributed by atoms with Crippen molar-refractivity contribution in [2.75, 3.05) is 5.32 Å². The van der Waals surface area contributed by atoms with E-state index in [4.69, 9.17) is 0 Å². The second-order valence-electron chi connectivity index (χ2n) is 5.04. The van der Waals surface area contributed by atoms with Crippen molar-refractivity contribution in [3.63, 3.8) is 0 Å². The molecule has 0 aliphatic carbocycles. The van der Waals surface area contributed by atoms with Crippen LogP contribution in [0.5, 0.6) is 0 Å². The third-order valence-electron chi connectivity index (χ3n) is 3.55. The highest BCUT2D eigenvalue weighted by atomic mass is 16.6. The van der Waals surface area contributed by atoms with Crippen LogP contribution in [0.2, 0.25) is 0 Å². The molecule has 1 aromatic carbocycles. The van der Waals surface area contributed by atoms with Gasteiger partial charge in [-0.15, -0.1) is 0 Å². The van der Waals surface area contributed by atoms with Crippen LogP contribution in [-0.2, 0) is 6.42 Å². The first kappa shape index (κ1) is 15.0. The van der Waals surface area contributed by atoms with E-state index in [1.54, 1.807) is 19.2 Å². The fraction of sp³-hybridized carbons (Fsp3) is 0.312. The summed E-state index contributed by atoms with van der Waals surface area (Å²) in [5.74, 6) is 0.312. The Morgan fingerprint density at radius 3 is 2.52 bits per heavy atom. The standard InChI is InChI=1S/C16H19N3O2/c1-4-13-5-7-14(8-6-13)12(3)18-16-15(19(20)21)11(2)9-10-17-16/h5-10,12H,4H2,1-3H3,(H,17,18). The van der Waals surface area contributed by atoms with Gasteiger partial charge in [0, 0.05) is 11.8 Å². The minimum Gasteiger partial charge on any atom is -0.358 e. The molecular weight excluding hydrogens is 266 g/mol. The number of hydrogen-bond acceptors (Lipinski definition) is 4. The number of pyridine rings is 1. The van der Waals surface area contributed by atoms with Crippen molar-refractivity contribution >= 4 is 11.5 Å². The van der Waals surface area contributed by atoms with Gasteiger partial charge in [-0.25, -0.2) is 4.98 Å². The molecule has 1 N–H and O–H groups in total. The van der Waals surface area contributed by atoms with E-state index in [9.17, 15) is 10.1 Å². The lowest BCUT2D eigenvalue weighted by Crippen LogP contribution is -2.10. The van der Waals surface area contributed by atoms with Gasteiger partial charge in [-0.3, -0.25) is 10.1 Å². The van der Waals surface area contributed by atoms with E-state index in [1.165, 1.54) is 5.56 Å². The Balaban J connectivity index is 2.24. The topological polar surface area (TPSA) is 68.1 Å². The van der Waals surface area contributed by atoms with Gasteiger partial charge in [0.15, 0.2) is 0 Å². The van der Waals surface area contributed by atoms with Gasteiger partial charge in [0.1, 0.15) is 0 Å². The maximum absolute atomic E-state index is 11.2. The highest BCUT2D eigenvalue weighted by Gasteiger charge is 2.20. The Hall–Kier alpha value is -2.43. The molecular formula is C16H19N3O2. The van der Waals surface area contributed by atoms with Gasteiger partial charge in [0.25, 0.3) is 0 Å². The van der Waals surface area contributed by atoms with Crippen molar-refractivity contribution in [1.29, 1.82) is 0 Å². The summed E-state index contributed by atoms with van der Waals surface area (Å²) in [4.78, 5) is 14.9. The molecule has 1 unspecified atom stereocenters. The van der Waals surface area contributed by atoms with Crippen LogP contribution in [0.1, 0.15) is 36.6 Å². The maximum atomic E-state index is 11.2. The van der Waals surface area contributed by atoms with Crippen LogP contribution in [0.15, 0.2) is 36.5 Å². The first-order chi connectivity index (χ1) is 10.0. The number of hydrogen-bond donors (Lipinski definition) is 1. The second kappa shape index (κ2) is 6.35. The molecule has 1 aromatic heterocycles. The van der Waals surface area contributed by atoms with Gasteiger partial charge in [-0.2, -0.15) is 0 Å². The summed E-state index contributed by atoms with van der Waals surface area (Å²) in [6.07, 6.45) is 2.57.